The molecule has 122 valence electrons. The van der Waals surface area contributed by atoms with E-state index in [2.05, 4.69) is 52.0 Å². The molecule has 2 heterocycles. The summed E-state index contributed by atoms with van der Waals surface area (Å²) in [4.78, 5) is 16.1. The van der Waals surface area contributed by atoms with Crippen molar-refractivity contribution in [3.05, 3.63) is 45.7 Å². The number of aliphatic carboxylic acids is 1. The SMILES string of the molecule is CC1CC(C(=O)O)CN(Cc2ccc(-c3cccc(Br)c3)s2)C1. The summed E-state index contributed by atoms with van der Waals surface area (Å²) in [5, 5.41) is 9.29. The number of piperidine rings is 1. The molecular weight excluding hydrogens is 374 g/mol. The van der Waals surface area contributed by atoms with Crippen LogP contribution in [-0.2, 0) is 11.3 Å². The Hall–Kier alpha value is -1.17. The van der Waals surface area contributed by atoms with E-state index >= 15 is 0 Å². The van der Waals surface area contributed by atoms with Crippen LogP contribution in [0.3, 0.4) is 0 Å². The van der Waals surface area contributed by atoms with E-state index in [1.807, 2.05) is 12.1 Å². The van der Waals surface area contributed by atoms with Crippen LogP contribution in [0, 0.1) is 11.8 Å². The van der Waals surface area contributed by atoms with Gasteiger partial charge in [0.2, 0.25) is 0 Å². The lowest BCUT2D eigenvalue weighted by Gasteiger charge is -2.34. The maximum Gasteiger partial charge on any atom is 0.307 e. The lowest BCUT2D eigenvalue weighted by Crippen LogP contribution is -2.41. The Morgan fingerprint density at radius 1 is 1.35 bits per heavy atom. The Kier molecular flexibility index (Phi) is 5.19. The molecule has 1 aliphatic rings. The number of carboxylic acids is 1. The van der Waals surface area contributed by atoms with E-state index in [9.17, 15) is 9.90 Å². The van der Waals surface area contributed by atoms with Gasteiger partial charge in [-0.05, 0) is 42.2 Å². The Morgan fingerprint density at radius 2 is 2.17 bits per heavy atom. The van der Waals surface area contributed by atoms with Gasteiger partial charge in [-0.3, -0.25) is 9.69 Å². The van der Waals surface area contributed by atoms with Crippen LogP contribution in [0.15, 0.2) is 40.9 Å². The first-order valence-electron chi connectivity index (χ1n) is 7.81. The fourth-order valence-corrected chi connectivity index (χ4v) is 4.70. The number of halogens is 1. The maximum absolute atomic E-state index is 11.3. The van der Waals surface area contributed by atoms with Gasteiger partial charge in [0, 0.05) is 33.9 Å². The summed E-state index contributed by atoms with van der Waals surface area (Å²) in [6.07, 6.45) is 0.791. The molecule has 1 aromatic heterocycles. The molecule has 5 heteroatoms. The topological polar surface area (TPSA) is 40.5 Å². The van der Waals surface area contributed by atoms with Gasteiger partial charge in [-0.25, -0.2) is 0 Å². The van der Waals surface area contributed by atoms with Crippen LogP contribution in [0.2, 0.25) is 0 Å². The molecule has 0 spiro atoms. The fraction of sp³-hybridized carbons (Fsp3) is 0.389. The number of nitrogens with zero attached hydrogens (tertiary/aromatic N) is 1. The molecule has 1 aromatic carbocycles. The summed E-state index contributed by atoms with van der Waals surface area (Å²) in [7, 11) is 0. The van der Waals surface area contributed by atoms with Crippen molar-refractivity contribution < 1.29 is 9.90 Å². The first-order valence-corrected chi connectivity index (χ1v) is 9.42. The maximum atomic E-state index is 11.3. The summed E-state index contributed by atoms with van der Waals surface area (Å²) in [5.74, 6) is -0.458. The zero-order chi connectivity index (χ0) is 16.4. The third-order valence-corrected chi connectivity index (χ3v) is 5.85. The van der Waals surface area contributed by atoms with Crippen LogP contribution in [0.4, 0.5) is 0 Å². The molecule has 23 heavy (non-hydrogen) atoms. The van der Waals surface area contributed by atoms with E-state index in [1.165, 1.54) is 15.3 Å². The van der Waals surface area contributed by atoms with Crippen molar-refractivity contribution >= 4 is 33.2 Å². The molecule has 1 N–H and O–H groups in total. The molecule has 3 rings (SSSR count). The molecule has 0 radical (unpaired) electrons. The predicted molar refractivity (Wildman–Crippen MR) is 97.6 cm³/mol. The third-order valence-electron chi connectivity index (χ3n) is 4.23. The van der Waals surface area contributed by atoms with Crippen LogP contribution >= 0.6 is 27.3 Å². The monoisotopic (exact) mass is 393 g/mol. The number of carboxylic acid groups (broad SMARTS) is 1. The highest BCUT2D eigenvalue weighted by atomic mass is 79.9. The average molecular weight is 394 g/mol. The highest BCUT2D eigenvalue weighted by Gasteiger charge is 2.29. The number of benzene rings is 1. The second-order valence-electron chi connectivity index (χ2n) is 6.35. The minimum atomic E-state index is -0.664. The van der Waals surface area contributed by atoms with E-state index < -0.39 is 5.97 Å². The van der Waals surface area contributed by atoms with E-state index in [0.29, 0.717) is 12.5 Å². The molecule has 2 unspecified atom stereocenters. The van der Waals surface area contributed by atoms with E-state index in [1.54, 1.807) is 11.3 Å². The molecule has 0 bridgehead atoms. The Morgan fingerprint density at radius 3 is 2.91 bits per heavy atom. The Balaban J connectivity index is 1.70. The highest BCUT2D eigenvalue weighted by Crippen LogP contribution is 2.31. The molecule has 1 saturated heterocycles. The first-order chi connectivity index (χ1) is 11.0. The fourth-order valence-electron chi connectivity index (χ4n) is 3.25. The van der Waals surface area contributed by atoms with Gasteiger partial charge in [0.05, 0.1) is 5.92 Å². The molecule has 0 amide bonds. The van der Waals surface area contributed by atoms with Gasteiger partial charge >= 0.3 is 5.97 Å². The van der Waals surface area contributed by atoms with Crippen LogP contribution in [-0.4, -0.2) is 29.1 Å². The lowest BCUT2D eigenvalue weighted by molar-refractivity contribution is -0.144. The van der Waals surface area contributed by atoms with Gasteiger partial charge < -0.3 is 5.11 Å². The van der Waals surface area contributed by atoms with E-state index in [4.69, 9.17) is 0 Å². The van der Waals surface area contributed by atoms with Gasteiger partial charge in [-0.15, -0.1) is 11.3 Å². The summed E-state index contributed by atoms with van der Waals surface area (Å²) in [6, 6.07) is 12.6. The van der Waals surface area contributed by atoms with Crippen LogP contribution < -0.4 is 0 Å². The zero-order valence-electron chi connectivity index (χ0n) is 13.0. The minimum absolute atomic E-state index is 0.233. The standard InChI is InChI=1S/C18H20BrNO2S/c1-12-7-14(18(21)22)10-20(9-12)11-16-5-6-17(23-16)13-3-2-4-15(19)8-13/h2-6,8,12,14H,7,9-11H2,1H3,(H,21,22). The molecule has 2 aromatic rings. The van der Waals surface area contributed by atoms with Crippen molar-refractivity contribution in [2.75, 3.05) is 13.1 Å². The van der Waals surface area contributed by atoms with Crippen molar-refractivity contribution in [2.24, 2.45) is 11.8 Å². The number of likely N-dealkylation sites (tertiary alicyclic amines) is 1. The second-order valence-corrected chi connectivity index (χ2v) is 8.43. The zero-order valence-corrected chi connectivity index (χ0v) is 15.4. The smallest absolute Gasteiger partial charge is 0.307 e. The van der Waals surface area contributed by atoms with E-state index in [-0.39, 0.29) is 5.92 Å². The van der Waals surface area contributed by atoms with Crippen LogP contribution in [0.1, 0.15) is 18.2 Å². The lowest BCUT2D eigenvalue weighted by atomic mass is 9.90. The van der Waals surface area contributed by atoms with Crippen molar-refractivity contribution in [1.82, 2.24) is 4.90 Å². The molecule has 3 nitrogen and oxygen atoms in total. The molecule has 0 aliphatic carbocycles. The molecule has 1 fully saturated rings. The summed E-state index contributed by atoms with van der Waals surface area (Å²) in [5.41, 5.74) is 1.21. The normalized spacial score (nSPS) is 22.2. The molecule has 2 atom stereocenters. The molecular formula is C18H20BrNO2S. The van der Waals surface area contributed by atoms with Crippen LogP contribution in [0.5, 0.6) is 0 Å². The van der Waals surface area contributed by atoms with E-state index in [0.717, 1.165) is 24.0 Å². The van der Waals surface area contributed by atoms with Gasteiger partial charge in [0.1, 0.15) is 0 Å². The van der Waals surface area contributed by atoms with Crippen molar-refractivity contribution in [2.45, 2.75) is 19.9 Å². The third kappa shape index (κ3) is 4.22. The summed E-state index contributed by atoms with van der Waals surface area (Å²) < 4.78 is 1.08. The van der Waals surface area contributed by atoms with Crippen molar-refractivity contribution in [3.63, 3.8) is 0 Å². The largest absolute Gasteiger partial charge is 0.481 e. The van der Waals surface area contributed by atoms with Gasteiger partial charge in [-0.1, -0.05) is 35.0 Å². The Bertz CT molecular complexity index is 700. The van der Waals surface area contributed by atoms with Gasteiger partial charge in [0.25, 0.3) is 0 Å². The van der Waals surface area contributed by atoms with Crippen molar-refractivity contribution in [1.29, 1.82) is 0 Å². The Labute approximate surface area is 149 Å². The summed E-state index contributed by atoms with van der Waals surface area (Å²) in [6.45, 7) is 4.62. The van der Waals surface area contributed by atoms with Gasteiger partial charge in [-0.2, -0.15) is 0 Å². The average Bonchev–Trinajstić information content (AvgIpc) is 2.95. The van der Waals surface area contributed by atoms with Crippen molar-refractivity contribution in [3.8, 4) is 10.4 Å². The number of rotatable bonds is 4. The minimum Gasteiger partial charge on any atom is -0.481 e. The molecule has 1 aliphatic heterocycles. The predicted octanol–water partition coefficient (Wildman–Crippen LogP) is 4.72. The highest BCUT2D eigenvalue weighted by molar-refractivity contribution is 9.10. The second kappa shape index (κ2) is 7.16. The number of hydrogen-bond donors (Lipinski definition) is 1. The van der Waals surface area contributed by atoms with Crippen LogP contribution in [0.25, 0.3) is 10.4 Å². The van der Waals surface area contributed by atoms with Gasteiger partial charge in [0.15, 0.2) is 0 Å². The number of thiophene rings is 1. The number of hydrogen-bond acceptors (Lipinski definition) is 3. The number of carbonyl (C=O) groups is 1. The molecule has 0 saturated carbocycles. The first kappa shape index (κ1) is 16.7. The summed E-state index contributed by atoms with van der Waals surface area (Å²) >= 11 is 5.30. The quantitative estimate of drug-likeness (QED) is 0.816.